The van der Waals surface area contributed by atoms with Gasteiger partial charge in [-0.3, -0.25) is 0 Å². The minimum Gasteiger partial charge on any atom is -0.309 e. The summed E-state index contributed by atoms with van der Waals surface area (Å²) in [5.41, 5.74) is 18.4. The highest BCUT2D eigenvalue weighted by Gasteiger charge is 2.24. The number of rotatable bonds is 9. The van der Waals surface area contributed by atoms with Crippen LogP contribution in [0.3, 0.4) is 0 Å². The Kier molecular flexibility index (Phi) is 9.57. The van der Waals surface area contributed by atoms with Crippen molar-refractivity contribution in [2.75, 3.05) is 4.90 Å². The smallest absolute Gasteiger partial charge is 0.0618 e. The number of hydrogen-bond donors (Lipinski definition) is 0. The maximum Gasteiger partial charge on any atom is 0.0618 e. The van der Waals surface area contributed by atoms with Crippen molar-refractivity contribution in [1.29, 1.82) is 0 Å². The summed E-state index contributed by atoms with van der Waals surface area (Å²) in [6.45, 7) is 0. The Bertz CT molecular complexity index is 3240. The number of aromatic nitrogens is 1. The zero-order valence-corrected chi connectivity index (χ0v) is 34.1. The van der Waals surface area contributed by atoms with Gasteiger partial charge in [0.05, 0.1) is 22.4 Å². The normalized spacial score (nSPS) is 11.2. The maximum atomic E-state index is 2.49. The predicted octanol–water partition coefficient (Wildman–Crippen LogP) is 16.6. The van der Waals surface area contributed by atoms with Gasteiger partial charge in [0.2, 0.25) is 0 Å². The van der Waals surface area contributed by atoms with Gasteiger partial charge in [0, 0.05) is 38.8 Å². The van der Waals surface area contributed by atoms with Gasteiger partial charge in [0.15, 0.2) is 0 Å². The molecule has 1 heterocycles. The van der Waals surface area contributed by atoms with Crippen molar-refractivity contribution in [3.8, 4) is 61.3 Å². The van der Waals surface area contributed by atoms with Crippen LogP contribution in [-0.4, -0.2) is 4.57 Å². The second-order valence-corrected chi connectivity index (χ2v) is 15.7. The molecule has 62 heavy (non-hydrogen) atoms. The summed E-state index contributed by atoms with van der Waals surface area (Å²) < 4.78 is 2.49. The van der Waals surface area contributed by atoms with Crippen LogP contribution in [0.1, 0.15) is 0 Å². The molecular formula is C60H42N2. The summed E-state index contributed by atoms with van der Waals surface area (Å²) >= 11 is 0. The molecule has 0 fully saturated rings. The molecule has 10 aromatic carbocycles. The van der Waals surface area contributed by atoms with E-state index in [1.807, 2.05) is 0 Å². The van der Waals surface area contributed by atoms with Crippen molar-refractivity contribution >= 4 is 38.9 Å². The lowest BCUT2D eigenvalue weighted by molar-refractivity contribution is 1.18. The molecule has 0 N–H and O–H groups in total. The number of fused-ring (bicyclic) bond motifs is 3. The van der Waals surface area contributed by atoms with Crippen LogP contribution in [0.25, 0.3) is 83.1 Å². The van der Waals surface area contributed by atoms with Crippen molar-refractivity contribution in [2.45, 2.75) is 0 Å². The molecule has 0 atom stereocenters. The van der Waals surface area contributed by atoms with E-state index < -0.39 is 0 Å². The van der Waals surface area contributed by atoms with Gasteiger partial charge in [-0.05, 0) is 75.3 Å². The van der Waals surface area contributed by atoms with E-state index in [1.54, 1.807) is 0 Å². The van der Waals surface area contributed by atoms with Gasteiger partial charge in [-0.1, -0.05) is 218 Å². The average molecular weight is 791 g/mol. The summed E-state index contributed by atoms with van der Waals surface area (Å²) in [5, 5.41) is 2.42. The third kappa shape index (κ3) is 6.65. The quantitative estimate of drug-likeness (QED) is 0.141. The molecule has 2 heteroatoms. The Hall–Kier alpha value is -8.20. The fourth-order valence-electron chi connectivity index (χ4n) is 9.18. The molecule has 11 rings (SSSR count). The molecule has 0 radical (unpaired) electrons. The first-order valence-corrected chi connectivity index (χ1v) is 21.3. The molecule has 292 valence electrons. The van der Waals surface area contributed by atoms with Crippen molar-refractivity contribution in [1.82, 2.24) is 4.57 Å². The number of nitrogens with zero attached hydrogens (tertiary/aromatic N) is 2. The molecule has 0 saturated heterocycles. The summed E-state index contributed by atoms with van der Waals surface area (Å²) in [7, 11) is 0. The van der Waals surface area contributed by atoms with Crippen molar-refractivity contribution in [3.05, 3.63) is 255 Å². The Labute approximate surface area is 362 Å². The number of para-hydroxylation sites is 2. The first kappa shape index (κ1) is 36.8. The second-order valence-electron chi connectivity index (χ2n) is 15.7. The number of hydrogen-bond acceptors (Lipinski definition) is 1. The van der Waals surface area contributed by atoms with E-state index in [-0.39, 0.29) is 0 Å². The van der Waals surface area contributed by atoms with Gasteiger partial charge >= 0.3 is 0 Å². The maximum absolute atomic E-state index is 2.49. The lowest BCUT2D eigenvalue weighted by atomic mass is 9.92. The Morgan fingerprint density at radius 2 is 0.710 bits per heavy atom. The first-order valence-electron chi connectivity index (χ1n) is 21.3. The van der Waals surface area contributed by atoms with Crippen molar-refractivity contribution < 1.29 is 0 Å². The number of benzene rings is 10. The van der Waals surface area contributed by atoms with Gasteiger partial charge in [0.25, 0.3) is 0 Å². The largest absolute Gasteiger partial charge is 0.309 e. The van der Waals surface area contributed by atoms with Crippen LogP contribution in [-0.2, 0) is 0 Å². The first-order chi connectivity index (χ1) is 30.8. The Morgan fingerprint density at radius 3 is 1.31 bits per heavy atom. The average Bonchev–Trinajstić information content (AvgIpc) is 3.69. The van der Waals surface area contributed by atoms with Crippen LogP contribution in [0.15, 0.2) is 255 Å². The molecule has 0 aliphatic rings. The molecule has 1 aromatic heterocycles. The summed E-state index contributed by atoms with van der Waals surface area (Å²) in [6, 6.07) is 92.2. The highest BCUT2D eigenvalue weighted by molar-refractivity contribution is 6.12. The minimum atomic E-state index is 1.06. The fourth-order valence-corrected chi connectivity index (χ4v) is 9.18. The van der Waals surface area contributed by atoms with Crippen molar-refractivity contribution in [3.63, 3.8) is 0 Å². The molecule has 0 aliphatic heterocycles. The van der Waals surface area contributed by atoms with Gasteiger partial charge in [-0.25, -0.2) is 0 Å². The van der Waals surface area contributed by atoms with Crippen LogP contribution in [0, 0.1) is 0 Å². The molecule has 0 bridgehead atoms. The van der Waals surface area contributed by atoms with Gasteiger partial charge < -0.3 is 9.47 Å². The SMILES string of the molecule is c1ccc(-c2ccc(N(c3ccc4c5ccccc5n(-c5cccc(-c6ccccc6)c5-c5ccccc5)c4c3)c3c(-c4ccccc4)cccc3-c3ccccc3)cc2)cc1. The van der Waals surface area contributed by atoms with Gasteiger partial charge in [-0.2, -0.15) is 0 Å². The summed E-state index contributed by atoms with van der Waals surface area (Å²) in [4.78, 5) is 2.47. The molecule has 0 amide bonds. The lowest BCUT2D eigenvalue weighted by Gasteiger charge is -2.31. The van der Waals surface area contributed by atoms with Crippen LogP contribution in [0.2, 0.25) is 0 Å². The van der Waals surface area contributed by atoms with E-state index in [0.29, 0.717) is 0 Å². The standard InChI is InChI=1S/C60H42N2/c1-6-20-43(21-7-1)44-36-38-49(39-37-44)61(60-52(46-24-10-3-11-25-46)32-18-33-53(60)47-26-12-4-13-27-47)50-40-41-55-54-30-16-17-34-56(54)62(58(55)42-50)57-35-19-31-51(45-22-8-2-9-23-45)59(57)48-28-14-5-15-29-48/h1-42H. The van der Waals surface area contributed by atoms with Crippen LogP contribution in [0.4, 0.5) is 17.1 Å². The third-order valence-electron chi connectivity index (χ3n) is 12.0. The van der Waals surface area contributed by atoms with E-state index in [2.05, 4.69) is 264 Å². The molecule has 0 spiro atoms. The monoisotopic (exact) mass is 790 g/mol. The highest BCUT2D eigenvalue weighted by atomic mass is 15.1. The molecule has 0 saturated carbocycles. The molecule has 2 nitrogen and oxygen atoms in total. The molecule has 11 aromatic rings. The number of anilines is 3. The van der Waals surface area contributed by atoms with Gasteiger partial charge in [-0.15, -0.1) is 0 Å². The third-order valence-corrected chi connectivity index (χ3v) is 12.0. The topological polar surface area (TPSA) is 8.17 Å². The van der Waals surface area contributed by atoms with E-state index in [0.717, 1.165) is 56.0 Å². The van der Waals surface area contributed by atoms with Crippen molar-refractivity contribution in [2.24, 2.45) is 0 Å². The molecular weight excluding hydrogens is 749 g/mol. The zero-order chi connectivity index (χ0) is 41.2. The molecule has 0 aliphatic carbocycles. The zero-order valence-electron chi connectivity index (χ0n) is 34.1. The Morgan fingerprint density at radius 1 is 0.274 bits per heavy atom. The van der Waals surface area contributed by atoms with E-state index in [9.17, 15) is 0 Å². The van der Waals surface area contributed by atoms with Crippen LogP contribution in [0.5, 0.6) is 0 Å². The fraction of sp³-hybridized carbons (Fsp3) is 0. The van der Waals surface area contributed by atoms with Gasteiger partial charge in [0.1, 0.15) is 0 Å². The van der Waals surface area contributed by atoms with E-state index in [1.165, 1.54) is 44.2 Å². The lowest BCUT2D eigenvalue weighted by Crippen LogP contribution is -2.13. The molecule has 0 unspecified atom stereocenters. The minimum absolute atomic E-state index is 1.06. The summed E-state index contributed by atoms with van der Waals surface area (Å²) in [5.74, 6) is 0. The van der Waals surface area contributed by atoms with Crippen LogP contribution < -0.4 is 4.90 Å². The second kappa shape index (κ2) is 16.1. The van der Waals surface area contributed by atoms with E-state index >= 15 is 0 Å². The summed E-state index contributed by atoms with van der Waals surface area (Å²) in [6.07, 6.45) is 0. The Balaban J connectivity index is 1.22. The highest BCUT2D eigenvalue weighted by Crippen LogP contribution is 2.49. The van der Waals surface area contributed by atoms with Crippen LogP contribution >= 0.6 is 0 Å². The van der Waals surface area contributed by atoms with E-state index in [4.69, 9.17) is 0 Å². The predicted molar refractivity (Wildman–Crippen MR) is 263 cm³/mol.